The molecule has 0 saturated carbocycles. The van der Waals surface area contributed by atoms with E-state index in [1.54, 1.807) is 6.07 Å². The van der Waals surface area contributed by atoms with Gasteiger partial charge in [-0.2, -0.15) is 9.98 Å². The Labute approximate surface area is 122 Å². The fourth-order valence-corrected chi connectivity index (χ4v) is 2.64. The van der Waals surface area contributed by atoms with Crippen LogP contribution in [0, 0.1) is 11.3 Å². The fraction of sp³-hybridized carbons (Fsp3) is 0.308. The number of rotatable bonds is 6. The summed E-state index contributed by atoms with van der Waals surface area (Å²) >= 11 is 0. The predicted molar refractivity (Wildman–Crippen MR) is 72.8 cm³/mol. The molecule has 0 bridgehead atoms. The molecule has 0 spiro atoms. The highest BCUT2D eigenvalue weighted by atomic mass is 32.2. The van der Waals surface area contributed by atoms with Crippen molar-refractivity contribution in [1.82, 2.24) is 4.72 Å². The van der Waals surface area contributed by atoms with Gasteiger partial charge in [-0.25, -0.2) is 8.42 Å². The lowest BCUT2D eigenvalue weighted by atomic mass is 10.2. The summed E-state index contributed by atoms with van der Waals surface area (Å²) in [5.41, 5.74) is 0.385. The first kappa shape index (κ1) is 16.8. The molecule has 0 amide bonds. The van der Waals surface area contributed by atoms with Crippen LogP contribution in [0.4, 0.5) is 0 Å². The molecular formula is C13H14N2O5S. The second-order valence-corrected chi connectivity index (χ2v) is 5.90. The van der Waals surface area contributed by atoms with E-state index in [1.165, 1.54) is 38.1 Å². The van der Waals surface area contributed by atoms with Crippen LogP contribution in [-0.4, -0.2) is 32.8 Å². The van der Waals surface area contributed by atoms with Gasteiger partial charge in [0.05, 0.1) is 4.90 Å². The van der Waals surface area contributed by atoms with E-state index in [1.807, 2.05) is 0 Å². The average molecular weight is 310 g/mol. The maximum Gasteiger partial charge on any atom is 0.324 e. The Bertz CT molecular complexity index is 674. The molecule has 21 heavy (non-hydrogen) atoms. The van der Waals surface area contributed by atoms with Gasteiger partial charge in [-0.05, 0) is 26.0 Å². The molecule has 0 fully saturated rings. The van der Waals surface area contributed by atoms with Crippen LogP contribution in [0.5, 0.6) is 0 Å². The van der Waals surface area contributed by atoms with E-state index in [-0.39, 0.29) is 10.7 Å². The number of nitrogens with zero attached hydrogens (tertiary/aromatic N) is 1. The Kier molecular flexibility index (Phi) is 5.58. The van der Waals surface area contributed by atoms with Gasteiger partial charge in [0.25, 0.3) is 0 Å². The normalized spacial score (nSPS) is 12.2. The third-order valence-electron chi connectivity index (χ3n) is 2.54. The maximum absolute atomic E-state index is 12.0. The summed E-state index contributed by atoms with van der Waals surface area (Å²) in [5.74, 6) is -1.03. The molecule has 0 aromatic heterocycles. The van der Waals surface area contributed by atoms with Crippen LogP contribution in [-0.2, 0) is 19.6 Å². The van der Waals surface area contributed by atoms with Crippen molar-refractivity contribution >= 4 is 21.8 Å². The number of esters is 1. The topological polar surface area (TPSA) is 113 Å². The number of carbonyl (C=O) groups is 2. The summed E-state index contributed by atoms with van der Waals surface area (Å²) in [5, 5.41) is 8.28. The minimum Gasteiger partial charge on any atom is -0.449 e. The van der Waals surface area contributed by atoms with Crippen molar-refractivity contribution in [2.24, 2.45) is 0 Å². The lowest BCUT2D eigenvalue weighted by Gasteiger charge is -2.12. The van der Waals surface area contributed by atoms with Crippen molar-refractivity contribution in [3.05, 3.63) is 29.8 Å². The third kappa shape index (κ3) is 4.66. The monoisotopic (exact) mass is 310 g/mol. The Morgan fingerprint density at radius 2 is 1.90 bits per heavy atom. The number of hydrogen-bond donors (Lipinski definition) is 1. The van der Waals surface area contributed by atoms with Crippen molar-refractivity contribution < 1.29 is 22.7 Å². The number of ether oxygens (including phenoxy) is 1. The maximum atomic E-state index is 12.0. The van der Waals surface area contributed by atoms with Gasteiger partial charge in [0.15, 0.2) is 12.4 Å². The zero-order valence-corrected chi connectivity index (χ0v) is 12.3. The van der Waals surface area contributed by atoms with Gasteiger partial charge in [0.1, 0.15) is 12.1 Å². The molecule has 7 nitrogen and oxygen atoms in total. The van der Waals surface area contributed by atoms with Crippen LogP contribution in [0.15, 0.2) is 29.2 Å². The molecule has 112 valence electrons. The lowest BCUT2D eigenvalue weighted by Crippen LogP contribution is -2.39. The molecule has 8 heteroatoms. The minimum absolute atomic E-state index is 0.0765. The molecule has 1 aromatic rings. The second-order valence-electron chi connectivity index (χ2n) is 4.19. The average Bonchev–Trinajstić information content (AvgIpc) is 2.44. The van der Waals surface area contributed by atoms with Crippen LogP contribution >= 0.6 is 0 Å². The first-order chi connectivity index (χ1) is 9.77. The molecule has 0 aliphatic rings. The largest absolute Gasteiger partial charge is 0.449 e. The first-order valence-electron chi connectivity index (χ1n) is 5.95. The molecule has 0 saturated heterocycles. The fourth-order valence-electron chi connectivity index (χ4n) is 1.45. The summed E-state index contributed by atoms with van der Waals surface area (Å²) in [6, 6.07) is 5.79. The molecule has 0 radical (unpaired) electrons. The van der Waals surface area contributed by atoms with E-state index in [2.05, 4.69) is 9.46 Å². The van der Waals surface area contributed by atoms with Gasteiger partial charge in [-0.1, -0.05) is 12.1 Å². The highest BCUT2D eigenvalue weighted by Crippen LogP contribution is 2.11. The number of nitriles is 1. The quantitative estimate of drug-likeness (QED) is 0.608. The van der Waals surface area contributed by atoms with Gasteiger partial charge in [-0.3, -0.25) is 9.59 Å². The van der Waals surface area contributed by atoms with E-state index in [0.29, 0.717) is 5.56 Å². The predicted octanol–water partition coefficient (Wildman–Crippen LogP) is 0.623. The summed E-state index contributed by atoms with van der Waals surface area (Å²) in [6.07, 6.45) is 0. The molecule has 1 N–H and O–H groups in total. The van der Waals surface area contributed by atoms with Crippen LogP contribution in [0.3, 0.4) is 0 Å². The van der Waals surface area contributed by atoms with Crippen LogP contribution in [0.1, 0.15) is 24.2 Å². The van der Waals surface area contributed by atoms with Crippen LogP contribution in [0.2, 0.25) is 0 Å². The Morgan fingerprint density at radius 1 is 1.33 bits per heavy atom. The van der Waals surface area contributed by atoms with E-state index < -0.39 is 28.6 Å². The van der Waals surface area contributed by atoms with Crippen molar-refractivity contribution in [1.29, 1.82) is 5.26 Å². The van der Waals surface area contributed by atoms with Gasteiger partial charge < -0.3 is 4.74 Å². The lowest BCUT2D eigenvalue weighted by molar-refractivity contribution is -0.143. The number of Topliss-reactive ketones (excluding diaryl/α,β-unsaturated/α-hetero) is 1. The van der Waals surface area contributed by atoms with E-state index in [0.717, 1.165) is 0 Å². The Hall–Kier alpha value is -2.24. The molecule has 1 rings (SSSR count). The second kappa shape index (κ2) is 6.97. The standard InChI is InChI=1S/C13H14N2O5S/c1-9(13(17)20-8-7-14)15-21(18,19)12-5-3-11(4-6-12)10(2)16/h3-6,9,15H,8H2,1-2H3/t9-/m0/s1. The summed E-state index contributed by atoms with van der Waals surface area (Å²) < 4.78 is 30.7. The third-order valence-corrected chi connectivity index (χ3v) is 4.09. The minimum atomic E-state index is -3.92. The number of hydrogen-bond acceptors (Lipinski definition) is 6. The van der Waals surface area contributed by atoms with Gasteiger partial charge in [0.2, 0.25) is 10.0 Å². The van der Waals surface area contributed by atoms with Gasteiger partial charge in [0, 0.05) is 5.56 Å². The Morgan fingerprint density at radius 3 is 2.38 bits per heavy atom. The first-order valence-corrected chi connectivity index (χ1v) is 7.43. The highest BCUT2D eigenvalue weighted by molar-refractivity contribution is 7.89. The molecular weight excluding hydrogens is 296 g/mol. The smallest absolute Gasteiger partial charge is 0.324 e. The number of benzene rings is 1. The molecule has 0 unspecified atom stereocenters. The van der Waals surface area contributed by atoms with Crippen molar-refractivity contribution in [2.75, 3.05) is 6.61 Å². The van der Waals surface area contributed by atoms with Crippen LogP contribution in [0.25, 0.3) is 0 Å². The number of sulfonamides is 1. The van der Waals surface area contributed by atoms with E-state index in [9.17, 15) is 18.0 Å². The summed E-state index contributed by atoms with van der Waals surface area (Å²) in [4.78, 5) is 22.5. The molecule has 1 aromatic carbocycles. The highest BCUT2D eigenvalue weighted by Gasteiger charge is 2.23. The molecule has 1 atom stereocenters. The number of nitrogens with one attached hydrogen (secondary N) is 1. The van der Waals surface area contributed by atoms with Crippen molar-refractivity contribution in [3.8, 4) is 6.07 Å². The molecule has 0 heterocycles. The Balaban J connectivity index is 2.84. The molecule has 0 aliphatic carbocycles. The number of carbonyl (C=O) groups excluding carboxylic acids is 2. The zero-order valence-electron chi connectivity index (χ0n) is 11.5. The number of ketones is 1. The summed E-state index contributed by atoms with van der Waals surface area (Å²) in [7, 11) is -3.92. The zero-order chi connectivity index (χ0) is 16.0. The SMILES string of the molecule is CC(=O)c1ccc(S(=O)(=O)N[C@@H](C)C(=O)OCC#N)cc1. The summed E-state index contributed by atoms with van der Waals surface area (Å²) in [6.45, 7) is 2.23. The van der Waals surface area contributed by atoms with E-state index >= 15 is 0 Å². The van der Waals surface area contributed by atoms with Crippen molar-refractivity contribution in [2.45, 2.75) is 24.8 Å². The molecule has 0 aliphatic heterocycles. The van der Waals surface area contributed by atoms with Crippen LogP contribution < -0.4 is 4.72 Å². The van der Waals surface area contributed by atoms with E-state index in [4.69, 9.17) is 5.26 Å². The van der Waals surface area contributed by atoms with Crippen molar-refractivity contribution in [3.63, 3.8) is 0 Å². The van der Waals surface area contributed by atoms with Gasteiger partial charge >= 0.3 is 5.97 Å². The van der Waals surface area contributed by atoms with Gasteiger partial charge in [-0.15, -0.1) is 0 Å².